The largest absolute Gasteiger partial charge is 0.481 e. The Morgan fingerprint density at radius 3 is 2.76 bits per heavy atom. The predicted molar refractivity (Wildman–Crippen MR) is 59.5 cm³/mol. The van der Waals surface area contributed by atoms with Crippen LogP contribution in [0.15, 0.2) is 34.9 Å². The van der Waals surface area contributed by atoms with Crippen LogP contribution < -0.4 is 0 Å². The molecule has 5 nitrogen and oxygen atoms in total. The van der Waals surface area contributed by atoms with Crippen molar-refractivity contribution in [2.24, 2.45) is 0 Å². The summed E-state index contributed by atoms with van der Waals surface area (Å²) in [6.45, 7) is 0. The summed E-state index contributed by atoms with van der Waals surface area (Å²) in [7, 11) is 0. The van der Waals surface area contributed by atoms with Crippen LogP contribution in [0, 0.1) is 0 Å². The van der Waals surface area contributed by atoms with E-state index in [1.807, 2.05) is 30.3 Å². The molecule has 0 saturated heterocycles. The second kappa shape index (κ2) is 5.25. The van der Waals surface area contributed by atoms with Crippen molar-refractivity contribution in [3.05, 3.63) is 47.6 Å². The third-order valence-electron chi connectivity index (χ3n) is 2.27. The van der Waals surface area contributed by atoms with E-state index in [1.165, 1.54) is 0 Å². The molecule has 17 heavy (non-hydrogen) atoms. The lowest BCUT2D eigenvalue weighted by Gasteiger charge is -1.93. The van der Waals surface area contributed by atoms with Gasteiger partial charge in [0.15, 0.2) is 5.82 Å². The van der Waals surface area contributed by atoms with Gasteiger partial charge in [-0.3, -0.25) is 4.79 Å². The molecule has 0 unspecified atom stereocenters. The number of hydrogen-bond donors (Lipinski definition) is 1. The van der Waals surface area contributed by atoms with Crippen molar-refractivity contribution >= 4 is 5.97 Å². The van der Waals surface area contributed by atoms with Crippen LogP contribution in [0.2, 0.25) is 0 Å². The number of carboxylic acids is 1. The van der Waals surface area contributed by atoms with Gasteiger partial charge in [0.2, 0.25) is 5.89 Å². The standard InChI is InChI=1S/C12H12N2O3/c15-12(16)7-6-11-13-10(14-17-11)8-9-4-2-1-3-5-9/h1-5H,6-8H2,(H,15,16). The van der Waals surface area contributed by atoms with E-state index in [1.54, 1.807) is 0 Å². The average molecular weight is 232 g/mol. The van der Waals surface area contributed by atoms with Gasteiger partial charge in [-0.05, 0) is 5.56 Å². The highest BCUT2D eigenvalue weighted by Crippen LogP contribution is 2.07. The first-order chi connectivity index (χ1) is 8.24. The summed E-state index contributed by atoms with van der Waals surface area (Å²) in [6.07, 6.45) is 0.876. The Kier molecular flexibility index (Phi) is 3.49. The van der Waals surface area contributed by atoms with Crippen molar-refractivity contribution in [1.29, 1.82) is 0 Å². The molecule has 1 aromatic heterocycles. The van der Waals surface area contributed by atoms with Gasteiger partial charge in [0.25, 0.3) is 0 Å². The molecule has 5 heteroatoms. The molecule has 2 rings (SSSR count). The SMILES string of the molecule is O=C(O)CCc1nc(Cc2ccccc2)no1. The molecule has 0 bridgehead atoms. The molecule has 0 amide bonds. The van der Waals surface area contributed by atoms with Crippen LogP contribution in [0.5, 0.6) is 0 Å². The summed E-state index contributed by atoms with van der Waals surface area (Å²) in [4.78, 5) is 14.5. The molecule has 0 radical (unpaired) electrons. The fourth-order valence-corrected chi connectivity index (χ4v) is 1.46. The number of hydrogen-bond acceptors (Lipinski definition) is 4. The quantitative estimate of drug-likeness (QED) is 0.848. The number of carbonyl (C=O) groups is 1. The van der Waals surface area contributed by atoms with Gasteiger partial charge in [0.1, 0.15) is 0 Å². The van der Waals surface area contributed by atoms with Gasteiger partial charge in [-0.15, -0.1) is 0 Å². The van der Waals surface area contributed by atoms with Gasteiger partial charge in [-0.2, -0.15) is 4.98 Å². The van der Waals surface area contributed by atoms with E-state index < -0.39 is 5.97 Å². The molecule has 0 fully saturated rings. The molecule has 0 aliphatic rings. The molecule has 0 atom stereocenters. The number of aliphatic carboxylic acids is 1. The third-order valence-corrected chi connectivity index (χ3v) is 2.27. The van der Waals surface area contributed by atoms with E-state index in [4.69, 9.17) is 9.63 Å². The van der Waals surface area contributed by atoms with Crippen LogP contribution in [-0.2, 0) is 17.6 Å². The summed E-state index contributed by atoms with van der Waals surface area (Å²) in [5.41, 5.74) is 1.10. The van der Waals surface area contributed by atoms with Gasteiger partial charge in [0, 0.05) is 12.8 Å². The van der Waals surface area contributed by atoms with E-state index in [9.17, 15) is 4.79 Å². The van der Waals surface area contributed by atoms with Crippen molar-refractivity contribution < 1.29 is 14.4 Å². The van der Waals surface area contributed by atoms with Crippen LogP contribution in [0.4, 0.5) is 0 Å². The Morgan fingerprint density at radius 1 is 1.29 bits per heavy atom. The molecule has 1 heterocycles. The number of aromatic nitrogens is 2. The fraction of sp³-hybridized carbons (Fsp3) is 0.250. The van der Waals surface area contributed by atoms with Crippen LogP contribution in [0.25, 0.3) is 0 Å². The summed E-state index contributed by atoms with van der Waals surface area (Å²) in [5, 5.41) is 12.3. The Bertz CT molecular complexity index is 493. The number of benzene rings is 1. The van der Waals surface area contributed by atoms with Crippen molar-refractivity contribution in [1.82, 2.24) is 10.1 Å². The Hall–Kier alpha value is -2.17. The van der Waals surface area contributed by atoms with Gasteiger partial charge in [0.05, 0.1) is 6.42 Å². The smallest absolute Gasteiger partial charge is 0.303 e. The summed E-state index contributed by atoms with van der Waals surface area (Å²) >= 11 is 0. The molecule has 2 aromatic rings. The molecule has 1 aromatic carbocycles. The van der Waals surface area contributed by atoms with Crippen molar-refractivity contribution in [3.63, 3.8) is 0 Å². The van der Waals surface area contributed by atoms with Gasteiger partial charge in [-0.25, -0.2) is 0 Å². The molecule has 0 spiro atoms. The van der Waals surface area contributed by atoms with E-state index in [2.05, 4.69) is 10.1 Å². The highest BCUT2D eigenvalue weighted by atomic mass is 16.5. The number of rotatable bonds is 5. The number of nitrogens with zero attached hydrogens (tertiary/aromatic N) is 2. The van der Waals surface area contributed by atoms with Gasteiger partial charge in [-0.1, -0.05) is 35.5 Å². The monoisotopic (exact) mass is 232 g/mol. The number of aryl methyl sites for hydroxylation is 1. The van der Waals surface area contributed by atoms with Crippen molar-refractivity contribution in [2.45, 2.75) is 19.3 Å². The minimum atomic E-state index is -0.868. The zero-order valence-electron chi connectivity index (χ0n) is 9.17. The minimum Gasteiger partial charge on any atom is -0.481 e. The van der Waals surface area contributed by atoms with Crippen LogP contribution >= 0.6 is 0 Å². The second-order valence-electron chi connectivity index (χ2n) is 3.66. The molecule has 1 N–H and O–H groups in total. The molecule has 88 valence electrons. The van der Waals surface area contributed by atoms with E-state index in [0.717, 1.165) is 5.56 Å². The first kappa shape index (κ1) is 11.3. The molecule has 0 aliphatic heterocycles. The van der Waals surface area contributed by atoms with Crippen LogP contribution in [0.1, 0.15) is 23.7 Å². The summed E-state index contributed by atoms with van der Waals surface area (Å²) < 4.78 is 4.96. The predicted octanol–water partition coefficient (Wildman–Crippen LogP) is 1.68. The van der Waals surface area contributed by atoms with E-state index in [0.29, 0.717) is 18.1 Å². The molecule has 0 saturated carbocycles. The first-order valence-electron chi connectivity index (χ1n) is 5.31. The summed E-state index contributed by atoms with van der Waals surface area (Å²) in [5.74, 6) is 0.0859. The highest BCUT2D eigenvalue weighted by molar-refractivity contribution is 5.66. The average Bonchev–Trinajstić information content (AvgIpc) is 2.75. The minimum absolute atomic E-state index is 0.00691. The first-order valence-corrected chi connectivity index (χ1v) is 5.31. The maximum absolute atomic E-state index is 10.4. The third kappa shape index (κ3) is 3.41. The molecular formula is C12H12N2O3. The second-order valence-corrected chi connectivity index (χ2v) is 3.66. The topological polar surface area (TPSA) is 76.2 Å². The number of carboxylic acid groups (broad SMARTS) is 1. The lowest BCUT2D eigenvalue weighted by molar-refractivity contribution is -0.137. The maximum atomic E-state index is 10.4. The maximum Gasteiger partial charge on any atom is 0.303 e. The zero-order valence-corrected chi connectivity index (χ0v) is 9.17. The van der Waals surface area contributed by atoms with Crippen LogP contribution in [0.3, 0.4) is 0 Å². The lowest BCUT2D eigenvalue weighted by Crippen LogP contribution is -1.98. The lowest BCUT2D eigenvalue weighted by atomic mass is 10.1. The molecular weight excluding hydrogens is 220 g/mol. The normalized spacial score (nSPS) is 10.4. The zero-order chi connectivity index (χ0) is 12.1. The van der Waals surface area contributed by atoms with Crippen molar-refractivity contribution in [3.8, 4) is 0 Å². The summed E-state index contributed by atoms with van der Waals surface area (Å²) in [6, 6.07) is 9.79. The Labute approximate surface area is 98.1 Å². The van der Waals surface area contributed by atoms with E-state index in [-0.39, 0.29) is 12.8 Å². The highest BCUT2D eigenvalue weighted by Gasteiger charge is 2.08. The Balaban J connectivity index is 1.97. The Morgan fingerprint density at radius 2 is 2.06 bits per heavy atom. The van der Waals surface area contributed by atoms with Gasteiger partial charge < -0.3 is 9.63 Å². The molecule has 0 aliphatic carbocycles. The van der Waals surface area contributed by atoms with Crippen molar-refractivity contribution in [2.75, 3.05) is 0 Å². The van der Waals surface area contributed by atoms with Crippen LogP contribution in [-0.4, -0.2) is 21.2 Å². The van der Waals surface area contributed by atoms with Gasteiger partial charge >= 0.3 is 5.97 Å². The van der Waals surface area contributed by atoms with E-state index >= 15 is 0 Å². The fourth-order valence-electron chi connectivity index (χ4n) is 1.46.